The minimum atomic E-state index is -1.20. The number of rotatable bonds is 7. The molecule has 37 heavy (non-hydrogen) atoms. The summed E-state index contributed by atoms with van der Waals surface area (Å²) in [5, 5.41) is 19.6. The van der Waals surface area contributed by atoms with Crippen molar-refractivity contribution in [2.45, 2.75) is 31.7 Å². The normalized spacial score (nSPS) is 19.4. The summed E-state index contributed by atoms with van der Waals surface area (Å²) in [5.74, 6) is -1.39. The van der Waals surface area contributed by atoms with Crippen LogP contribution in [-0.4, -0.2) is 22.4 Å². The molecule has 5 rings (SSSR count). The summed E-state index contributed by atoms with van der Waals surface area (Å²) in [6, 6.07) is 17.9. The van der Waals surface area contributed by atoms with Crippen LogP contribution in [0.25, 0.3) is 0 Å². The van der Waals surface area contributed by atoms with Gasteiger partial charge in [-0.25, -0.2) is 4.39 Å². The van der Waals surface area contributed by atoms with E-state index in [9.17, 15) is 15.3 Å². The van der Waals surface area contributed by atoms with Crippen LogP contribution in [-0.2, 0) is 12.0 Å². The molecule has 0 unspecified atom stereocenters. The molecule has 1 atom stereocenters. The van der Waals surface area contributed by atoms with Crippen LogP contribution >= 0.6 is 11.6 Å². The molecule has 2 aromatic carbocycles. The average Bonchev–Trinajstić information content (AvgIpc) is 3.66. The maximum atomic E-state index is 16.0. The minimum Gasteiger partial charge on any atom is -0.489 e. The third kappa shape index (κ3) is 4.02. The number of hydrogen-bond donors (Lipinski definition) is 0. The van der Waals surface area contributed by atoms with E-state index >= 15 is 4.39 Å². The summed E-state index contributed by atoms with van der Waals surface area (Å²) < 4.78 is 21.7. The lowest BCUT2D eigenvalue weighted by molar-refractivity contribution is 0.0736. The van der Waals surface area contributed by atoms with E-state index in [-0.39, 0.29) is 24.3 Å². The number of carbonyl (C=O) groups excluding carboxylic acids is 1. The van der Waals surface area contributed by atoms with Crippen LogP contribution in [0.3, 0.4) is 0 Å². The summed E-state index contributed by atoms with van der Waals surface area (Å²) in [4.78, 5) is 19.8. The van der Waals surface area contributed by atoms with Gasteiger partial charge in [0.2, 0.25) is 0 Å². The Hall–Kier alpha value is -4.20. The number of pyridine rings is 1. The van der Waals surface area contributed by atoms with Crippen molar-refractivity contribution < 1.29 is 13.9 Å². The summed E-state index contributed by atoms with van der Waals surface area (Å²) >= 11 is 6.18. The van der Waals surface area contributed by atoms with Gasteiger partial charge in [-0.2, -0.15) is 10.5 Å². The number of fused-ring (bicyclic) bond motifs is 1. The fourth-order valence-electron chi connectivity index (χ4n) is 4.87. The Bertz CT molecular complexity index is 1500. The zero-order valence-corrected chi connectivity index (χ0v) is 20.8. The molecule has 1 saturated carbocycles. The Morgan fingerprint density at radius 2 is 1.95 bits per heavy atom. The van der Waals surface area contributed by atoms with Gasteiger partial charge in [-0.1, -0.05) is 35.9 Å². The van der Waals surface area contributed by atoms with Gasteiger partial charge in [0.15, 0.2) is 11.6 Å². The van der Waals surface area contributed by atoms with E-state index in [0.717, 1.165) is 0 Å². The quantitative estimate of drug-likeness (QED) is 0.393. The molecule has 0 saturated heterocycles. The van der Waals surface area contributed by atoms with E-state index in [0.29, 0.717) is 40.2 Å². The van der Waals surface area contributed by atoms with Crippen LogP contribution in [0.5, 0.6) is 5.75 Å². The number of aromatic nitrogens is 1. The van der Waals surface area contributed by atoms with Crippen molar-refractivity contribution in [2.75, 3.05) is 6.61 Å². The van der Waals surface area contributed by atoms with Crippen molar-refractivity contribution in [3.8, 4) is 17.9 Å². The number of carbonyl (C=O) groups is 1. The zero-order chi connectivity index (χ0) is 26.2. The lowest BCUT2D eigenvalue weighted by atomic mass is 9.78. The summed E-state index contributed by atoms with van der Waals surface area (Å²) in [7, 11) is 0. The molecule has 1 aromatic heterocycles. The number of allylic oxidation sites excluding steroid dienone is 1. The first-order valence-corrected chi connectivity index (χ1v) is 12.2. The minimum absolute atomic E-state index is 0.0633. The van der Waals surface area contributed by atoms with Gasteiger partial charge in [-0.3, -0.25) is 9.78 Å². The van der Waals surface area contributed by atoms with E-state index in [1.807, 2.05) is 0 Å². The van der Waals surface area contributed by atoms with Crippen molar-refractivity contribution in [3.63, 3.8) is 0 Å². The molecule has 8 heteroatoms. The van der Waals surface area contributed by atoms with Gasteiger partial charge in [0.05, 0.1) is 28.3 Å². The van der Waals surface area contributed by atoms with Gasteiger partial charge in [0, 0.05) is 23.8 Å². The van der Waals surface area contributed by atoms with Crippen molar-refractivity contribution in [1.29, 1.82) is 10.5 Å². The number of nitriles is 2. The molecule has 0 bridgehead atoms. The van der Waals surface area contributed by atoms with Gasteiger partial charge in [0.1, 0.15) is 18.2 Å². The Balaban J connectivity index is 1.72. The van der Waals surface area contributed by atoms with E-state index in [1.165, 1.54) is 11.0 Å². The second-order valence-electron chi connectivity index (χ2n) is 9.29. The van der Waals surface area contributed by atoms with Crippen molar-refractivity contribution in [2.24, 2.45) is 5.41 Å². The zero-order valence-electron chi connectivity index (χ0n) is 20.0. The maximum Gasteiger partial charge on any atom is 0.262 e. The molecule has 3 aromatic rings. The summed E-state index contributed by atoms with van der Waals surface area (Å²) in [5.41, 5.74) is 0.0513. The smallest absolute Gasteiger partial charge is 0.262 e. The molecule has 2 heterocycles. The van der Waals surface area contributed by atoms with Crippen LogP contribution in [0.15, 0.2) is 67.0 Å². The number of amides is 1. The number of nitrogens with zero attached hydrogens (tertiary/aromatic N) is 4. The van der Waals surface area contributed by atoms with Crippen LogP contribution in [0.1, 0.15) is 52.5 Å². The van der Waals surface area contributed by atoms with E-state index < -0.39 is 22.7 Å². The Labute approximate surface area is 219 Å². The highest BCUT2D eigenvalue weighted by Crippen LogP contribution is 2.50. The van der Waals surface area contributed by atoms with Gasteiger partial charge >= 0.3 is 0 Å². The highest BCUT2D eigenvalue weighted by molar-refractivity contribution is 6.30. The molecule has 0 radical (unpaired) electrons. The third-order valence-corrected chi connectivity index (χ3v) is 7.30. The van der Waals surface area contributed by atoms with Crippen LogP contribution in [0, 0.1) is 33.9 Å². The molecule has 1 aliphatic carbocycles. The van der Waals surface area contributed by atoms with Crippen molar-refractivity contribution in [1.82, 2.24) is 9.88 Å². The highest BCUT2D eigenvalue weighted by atomic mass is 35.5. The first kappa shape index (κ1) is 24.5. The average molecular weight is 513 g/mol. The monoisotopic (exact) mass is 512 g/mol. The Morgan fingerprint density at radius 3 is 2.59 bits per heavy atom. The van der Waals surface area contributed by atoms with Gasteiger partial charge in [-0.15, -0.1) is 0 Å². The fraction of sp³-hybridized carbons (Fsp3) is 0.241. The second-order valence-corrected chi connectivity index (χ2v) is 9.73. The standard InChI is InChI=1S/C29H22ClFN4O2/c1-2-14-35-27(36)25-22(9-10-24(26(25)31)37-18-28(17-33)11-12-28)29(35,20-5-7-21(30)8-6-20)15-23-19(16-32)4-3-13-34-23/h2-10,13-14H,11-12,15,18H2,1H3/t29-/m1/s1. The van der Waals surface area contributed by atoms with Crippen LogP contribution in [0.2, 0.25) is 5.02 Å². The summed E-state index contributed by atoms with van der Waals surface area (Å²) in [6.45, 7) is 1.83. The number of benzene rings is 2. The van der Waals surface area contributed by atoms with Gasteiger partial charge in [0.25, 0.3) is 5.91 Å². The lowest BCUT2D eigenvalue weighted by Gasteiger charge is -2.38. The van der Waals surface area contributed by atoms with E-state index in [2.05, 4.69) is 17.1 Å². The number of ether oxygens (including phenoxy) is 1. The summed E-state index contributed by atoms with van der Waals surface area (Å²) in [6.07, 6.45) is 6.44. The van der Waals surface area contributed by atoms with Crippen LogP contribution in [0.4, 0.5) is 4.39 Å². The third-order valence-electron chi connectivity index (χ3n) is 7.04. The Kier molecular flexibility index (Phi) is 6.19. The first-order valence-electron chi connectivity index (χ1n) is 11.8. The molecular weight excluding hydrogens is 491 g/mol. The molecule has 6 nitrogen and oxygen atoms in total. The maximum absolute atomic E-state index is 16.0. The van der Waals surface area contributed by atoms with E-state index in [4.69, 9.17) is 16.3 Å². The SMILES string of the molecule is CC=CN1C(=O)c2c(ccc(OCC3(C#N)CC3)c2F)[C@@]1(Cc1ncccc1C#N)c1ccc(Cl)cc1. The second kappa shape index (κ2) is 9.35. The molecule has 1 fully saturated rings. The largest absolute Gasteiger partial charge is 0.489 e. The number of hydrogen-bond acceptors (Lipinski definition) is 5. The van der Waals surface area contributed by atoms with Gasteiger partial charge < -0.3 is 9.64 Å². The van der Waals surface area contributed by atoms with Gasteiger partial charge in [-0.05, 0) is 61.2 Å². The van der Waals surface area contributed by atoms with E-state index in [1.54, 1.807) is 67.9 Å². The van der Waals surface area contributed by atoms with Crippen molar-refractivity contribution >= 4 is 17.5 Å². The predicted octanol–water partition coefficient (Wildman–Crippen LogP) is 5.90. The number of halogens is 2. The molecule has 184 valence electrons. The lowest BCUT2D eigenvalue weighted by Crippen LogP contribution is -2.43. The molecular formula is C29H22ClFN4O2. The highest BCUT2D eigenvalue weighted by Gasteiger charge is 2.52. The van der Waals surface area contributed by atoms with Crippen molar-refractivity contribution in [3.05, 3.63) is 106 Å². The predicted molar refractivity (Wildman–Crippen MR) is 135 cm³/mol. The topological polar surface area (TPSA) is 90.0 Å². The molecule has 2 aliphatic rings. The molecule has 1 amide bonds. The molecule has 0 N–H and O–H groups in total. The Morgan fingerprint density at radius 1 is 1.19 bits per heavy atom. The molecule has 0 spiro atoms. The molecule has 1 aliphatic heterocycles. The fourth-order valence-corrected chi connectivity index (χ4v) is 5.00. The van der Waals surface area contributed by atoms with Crippen LogP contribution < -0.4 is 4.74 Å². The first-order chi connectivity index (χ1) is 17.9.